The second-order valence-electron chi connectivity index (χ2n) is 6.02. The van der Waals surface area contributed by atoms with Crippen LogP contribution < -0.4 is 10.6 Å². The van der Waals surface area contributed by atoms with Crippen LogP contribution >= 0.6 is 0 Å². The van der Waals surface area contributed by atoms with Crippen LogP contribution in [0.4, 0.5) is 5.69 Å². The highest BCUT2D eigenvalue weighted by molar-refractivity contribution is 5.94. The van der Waals surface area contributed by atoms with Crippen molar-refractivity contribution in [3.05, 3.63) is 29.8 Å². The average molecular weight is 290 g/mol. The Kier molecular flexibility index (Phi) is 6.05. The number of nitrogens with one attached hydrogen (secondary N) is 2. The van der Waals surface area contributed by atoms with Crippen molar-refractivity contribution in [1.82, 2.24) is 5.32 Å². The van der Waals surface area contributed by atoms with E-state index in [4.69, 9.17) is 5.11 Å². The summed E-state index contributed by atoms with van der Waals surface area (Å²) in [4.78, 5) is 11.9. The van der Waals surface area contributed by atoms with Crippen LogP contribution in [0, 0.1) is 5.92 Å². The molecule has 2 rings (SSSR count). The monoisotopic (exact) mass is 290 g/mol. The molecule has 1 atom stereocenters. The zero-order valence-corrected chi connectivity index (χ0v) is 12.8. The predicted octanol–water partition coefficient (Wildman–Crippen LogP) is 2.79. The van der Waals surface area contributed by atoms with Crippen molar-refractivity contribution in [2.24, 2.45) is 5.92 Å². The maximum atomic E-state index is 11.9. The van der Waals surface area contributed by atoms with Gasteiger partial charge < -0.3 is 15.7 Å². The van der Waals surface area contributed by atoms with E-state index in [9.17, 15) is 4.79 Å². The number of carbonyl (C=O) groups is 1. The summed E-state index contributed by atoms with van der Waals surface area (Å²) in [6, 6.07) is 7.31. The van der Waals surface area contributed by atoms with Crippen LogP contribution in [0.15, 0.2) is 24.3 Å². The van der Waals surface area contributed by atoms with Gasteiger partial charge in [0.15, 0.2) is 0 Å². The SMILES string of the molecule is CC(CO)NC(=O)c1ccc(NCC2CCCCC2)cc1. The molecule has 1 aliphatic carbocycles. The normalized spacial score (nSPS) is 17.2. The topological polar surface area (TPSA) is 61.4 Å². The Morgan fingerprint density at radius 3 is 2.52 bits per heavy atom. The number of rotatable bonds is 6. The Labute approximate surface area is 126 Å². The summed E-state index contributed by atoms with van der Waals surface area (Å²) in [5, 5.41) is 15.1. The summed E-state index contributed by atoms with van der Waals surface area (Å²) in [7, 11) is 0. The maximum Gasteiger partial charge on any atom is 0.251 e. The molecule has 3 N–H and O–H groups in total. The summed E-state index contributed by atoms with van der Waals surface area (Å²) >= 11 is 0. The maximum absolute atomic E-state index is 11.9. The smallest absolute Gasteiger partial charge is 0.251 e. The fourth-order valence-electron chi connectivity index (χ4n) is 2.75. The van der Waals surface area contributed by atoms with E-state index < -0.39 is 0 Å². The van der Waals surface area contributed by atoms with E-state index in [2.05, 4.69) is 10.6 Å². The Morgan fingerprint density at radius 2 is 1.90 bits per heavy atom. The number of anilines is 1. The molecule has 1 aliphatic rings. The number of benzene rings is 1. The molecule has 0 heterocycles. The molecule has 21 heavy (non-hydrogen) atoms. The van der Waals surface area contributed by atoms with Crippen molar-refractivity contribution in [2.75, 3.05) is 18.5 Å². The zero-order chi connectivity index (χ0) is 15.1. The van der Waals surface area contributed by atoms with Crippen LogP contribution in [-0.2, 0) is 0 Å². The van der Waals surface area contributed by atoms with Crippen molar-refractivity contribution in [1.29, 1.82) is 0 Å². The van der Waals surface area contributed by atoms with Crippen LogP contribution in [-0.4, -0.2) is 30.2 Å². The number of hydrogen-bond acceptors (Lipinski definition) is 3. The molecule has 1 aromatic rings. The van der Waals surface area contributed by atoms with Gasteiger partial charge >= 0.3 is 0 Å². The van der Waals surface area contributed by atoms with Crippen molar-refractivity contribution in [2.45, 2.75) is 45.1 Å². The lowest BCUT2D eigenvalue weighted by atomic mass is 9.89. The molecule has 0 radical (unpaired) electrons. The summed E-state index contributed by atoms with van der Waals surface area (Å²) in [5.41, 5.74) is 1.69. The second-order valence-corrected chi connectivity index (χ2v) is 6.02. The van der Waals surface area contributed by atoms with E-state index in [0.29, 0.717) is 5.56 Å². The average Bonchev–Trinajstić information content (AvgIpc) is 2.54. The van der Waals surface area contributed by atoms with Crippen LogP contribution in [0.25, 0.3) is 0 Å². The van der Waals surface area contributed by atoms with Crippen LogP contribution in [0.3, 0.4) is 0 Å². The van der Waals surface area contributed by atoms with Gasteiger partial charge in [-0.25, -0.2) is 0 Å². The molecule has 4 nitrogen and oxygen atoms in total. The van der Waals surface area contributed by atoms with E-state index in [1.165, 1.54) is 32.1 Å². The van der Waals surface area contributed by atoms with Crippen molar-refractivity contribution in [3.63, 3.8) is 0 Å². The van der Waals surface area contributed by atoms with E-state index in [1.54, 1.807) is 6.92 Å². The summed E-state index contributed by atoms with van der Waals surface area (Å²) < 4.78 is 0. The van der Waals surface area contributed by atoms with Gasteiger partial charge in [0.25, 0.3) is 5.91 Å². The van der Waals surface area contributed by atoms with Gasteiger partial charge in [0.1, 0.15) is 0 Å². The predicted molar refractivity (Wildman–Crippen MR) is 85.5 cm³/mol. The van der Waals surface area contributed by atoms with Crippen molar-refractivity contribution >= 4 is 11.6 Å². The number of hydrogen-bond donors (Lipinski definition) is 3. The van der Waals surface area contributed by atoms with Gasteiger partial charge in [0.2, 0.25) is 0 Å². The fraction of sp³-hybridized carbons (Fsp3) is 0.588. The first kappa shape index (κ1) is 15.8. The minimum atomic E-state index is -0.221. The largest absolute Gasteiger partial charge is 0.394 e. The van der Waals surface area contributed by atoms with E-state index in [-0.39, 0.29) is 18.6 Å². The molecule has 116 valence electrons. The quantitative estimate of drug-likeness (QED) is 0.755. The molecule has 1 saturated carbocycles. The molecule has 1 aromatic carbocycles. The van der Waals surface area contributed by atoms with Gasteiger partial charge in [-0.2, -0.15) is 0 Å². The third-order valence-corrected chi connectivity index (χ3v) is 4.12. The Hall–Kier alpha value is -1.55. The highest BCUT2D eigenvalue weighted by Gasteiger charge is 2.13. The lowest BCUT2D eigenvalue weighted by Gasteiger charge is -2.22. The fourth-order valence-corrected chi connectivity index (χ4v) is 2.75. The van der Waals surface area contributed by atoms with Gasteiger partial charge in [0.05, 0.1) is 6.61 Å². The zero-order valence-electron chi connectivity index (χ0n) is 12.8. The number of amides is 1. The Morgan fingerprint density at radius 1 is 1.24 bits per heavy atom. The van der Waals surface area contributed by atoms with E-state index >= 15 is 0 Å². The Balaban J connectivity index is 1.82. The van der Waals surface area contributed by atoms with Crippen molar-refractivity contribution in [3.8, 4) is 0 Å². The molecule has 1 amide bonds. The van der Waals surface area contributed by atoms with Crippen molar-refractivity contribution < 1.29 is 9.90 Å². The molecule has 0 aliphatic heterocycles. The molecule has 4 heteroatoms. The van der Waals surface area contributed by atoms with Gasteiger partial charge in [-0.1, -0.05) is 19.3 Å². The molecule has 0 saturated heterocycles. The first-order valence-corrected chi connectivity index (χ1v) is 7.94. The van der Waals surface area contributed by atoms with E-state index in [1.807, 2.05) is 24.3 Å². The molecule has 0 spiro atoms. The molecular weight excluding hydrogens is 264 g/mol. The Bertz CT molecular complexity index is 439. The third-order valence-electron chi connectivity index (χ3n) is 4.12. The third kappa shape index (κ3) is 5.05. The lowest BCUT2D eigenvalue weighted by Crippen LogP contribution is -2.34. The van der Waals surface area contributed by atoms with Gasteiger partial charge in [0, 0.05) is 23.8 Å². The van der Waals surface area contributed by atoms with Crippen LogP contribution in [0.2, 0.25) is 0 Å². The highest BCUT2D eigenvalue weighted by atomic mass is 16.3. The molecule has 0 bridgehead atoms. The minimum absolute atomic E-state index is 0.0488. The van der Waals surface area contributed by atoms with Gasteiger partial charge in [-0.15, -0.1) is 0 Å². The summed E-state index contributed by atoms with van der Waals surface area (Å²) in [5.74, 6) is 0.641. The molecule has 1 unspecified atom stereocenters. The minimum Gasteiger partial charge on any atom is -0.394 e. The van der Waals surface area contributed by atoms with Crippen LogP contribution in [0.5, 0.6) is 0 Å². The standard InChI is InChI=1S/C17H26N2O2/c1-13(12-20)19-17(21)15-7-9-16(10-8-15)18-11-14-5-3-2-4-6-14/h7-10,13-14,18,20H,2-6,11-12H2,1H3,(H,19,21). The number of carbonyl (C=O) groups excluding carboxylic acids is 1. The first-order chi connectivity index (χ1) is 10.2. The molecule has 0 aromatic heterocycles. The number of aliphatic hydroxyl groups is 1. The summed E-state index contributed by atoms with van der Waals surface area (Å²) in [6.45, 7) is 2.75. The molecule has 1 fully saturated rings. The second kappa shape index (κ2) is 8.03. The van der Waals surface area contributed by atoms with E-state index in [0.717, 1.165) is 18.2 Å². The van der Waals surface area contributed by atoms with Gasteiger partial charge in [-0.3, -0.25) is 4.79 Å². The highest BCUT2D eigenvalue weighted by Crippen LogP contribution is 2.24. The lowest BCUT2D eigenvalue weighted by molar-refractivity contribution is 0.0922. The van der Waals surface area contributed by atoms with Gasteiger partial charge in [-0.05, 0) is 49.9 Å². The molecular formula is C17H26N2O2. The summed E-state index contributed by atoms with van der Waals surface area (Å²) in [6.07, 6.45) is 6.74. The first-order valence-electron chi connectivity index (χ1n) is 7.94. The number of aliphatic hydroxyl groups excluding tert-OH is 1. The van der Waals surface area contributed by atoms with Crippen LogP contribution in [0.1, 0.15) is 49.4 Å².